The van der Waals surface area contributed by atoms with Crippen molar-refractivity contribution in [3.8, 4) is 0 Å². The summed E-state index contributed by atoms with van der Waals surface area (Å²) in [5.74, 6) is -0.394. The van der Waals surface area contributed by atoms with Crippen LogP contribution < -0.4 is 4.80 Å². The molecule has 8 heteroatoms. The average Bonchev–Trinajstić information content (AvgIpc) is 3.01. The van der Waals surface area contributed by atoms with Crippen molar-refractivity contribution in [2.75, 3.05) is 13.6 Å². The Morgan fingerprint density at radius 1 is 1.17 bits per heavy atom. The van der Waals surface area contributed by atoms with Gasteiger partial charge in [-0.1, -0.05) is 30.7 Å². The molecule has 2 aromatic carbocycles. The molecule has 30 heavy (non-hydrogen) atoms. The number of carbonyl (C=O) groups excluding carboxylic acids is 1. The number of nitrogens with zero attached hydrogens (tertiary/aromatic N) is 3. The van der Waals surface area contributed by atoms with Gasteiger partial charge in [0, 0.05) is 26.2 Å². The number of thiazole rings is 1. The molecule has 3 aromatic rings. The maximum absolute atomic E-state index is 12.7. The molecule has 1 aromatic heterocycles. The number of unbranched alkanes of at least 4 members (excludes halogenated alkanes) is 1. The zero-order valence-corrected chi connectivity index (χ0v) is 19.6. The first-order valence-corrected chi connectivity index (χ1v) is 12.1. The van der Waals surface area contributed by atoms with Gasteiger partial charge in [-0.25, -0.2) is 12.7 Å². The molecule has 0 bridgehead atoms. The summed E-state index contributed by atoms with van der Waals surface area (Å²) in [6.45, 7) is 6.58. The molecule has 0 unspecified atom stereocenters. The molecule has 0 spiro atoms. The summed E-state index contributed by atoms with van der Waals surface area (Å²) < 4.78 is 29.6. The molecule has 6 nitrogen and oxygen atoms in total. The van der Waals surface area contributed by atoms with Crippen molar-refractivity contribution < 1.29 is 13.2 Å². The van der Waals surface area contributed by atoms with E-state index in [-0.39, 0.29) is 4.90 Å². The first kappa shape index (κ1) is 22.4. The summed E-state index contributed by atoms with van der Waals surface area (Å²) in [5.41, 5.74) is 3.73. The molecule has 1 amide bonds. The monoisotopic (exact) mass is 445 g/mol. The molecular formula is C22H27N3O3S2. The highest BCUT2D eigenvalue weighted by Crippen LogP contribution is 2.22. The van der Waals surface area contributed by atoms with Crippen molar-refractivity contribution >= 4 is 37.5 Å². The van der Waals surface area contributed by atoms with Crippen molar-refractivity contribution in [3.05, 3.63) is 57.9 Å². The third kappa shape index (κ3) is 4.40. The van der Waals surface area contributed by atoms with Gasteiger partial charge >= 0.3 is 0 Å². The van der Waals surface area contributed by atoms with Gasteiger partial charge in [0.25, 0.3) is 5.91 Å². The molecule has 0 atom stereocenters. The van der Waals surface area contributed by atoms with Crippen LogP contribution in [0, 0.1) is 13.8 Å². The Hall–Kier alpha value is -2.29. The zero-order valence-electron chi connectivity index (χ0n) is 18.0. The SMILES string of the molecule is CCCCN(C)S(=O)(=O)c1ccc(C(=O)N=c2sc3cc(C)cc(C)c3n2C)cc1. The van der Waals surface area contributed by atoms with Crippen molar-refractivity contribution in [1.29, 1.82) is 0 Å². The fraction of sp³-hybridized carbons (Fsp3) is 0.364. The number of sulfonamides is 1. The molecule has 160 valence electrons. The molecule has 0 N–H and O–H groups in total. The highest BCUT2D eigenvalue weighted by Gasteiger charge is 2.20. The molecule has 1 heterocycles. The number of fused-ring (bicyclic) bond motifs is 1. The quantitative estimate of drug-likeness (QED) is 0.575. The van der Waals surface area contributed by atoms with E-state index in [0.29, 0.717) is 16.9 Å². The summed E-state index contributed by atoms with van der Waals surface area (Å²) in [7, 11) is -0.0843. The number of amides is 1. The van der Waals surface area contributed by atoms with E-state index >= 15 is 0 Å². The predicted octanol–water partition coefficient (Wildman–Crippen LogP) is 4.02. The van der Waals surface area contributed by atoms with Crippen LogP contribution >= 0.6 is 11.3 Å². The normalized spacial score (nSPS) is 12.8. The first-order chi connectivity index (χ1) is 14.1. The molecular weight excluding hydrogens is 418 g/mol. The minimum absolute atomic E-state index is 0.177. The minimum atomic E-state index is -3.56. The van der Waals surface area contributed by atoms with Crippen molar-refractivity contribution in [1.82, 2.24) is 8.87 Å². The summed E-state index contributed by atoms with van der Waals surface area (Å²) in [4.78, 5) is 17.8. The second-order valence-electron chi connectivity index (χ2n) is 7.49. The summed E-state index contributed by atoms with van der Waals surface area (Å²) >= 11 is 1.47. The number of rotatable bonds is 6. The molecule has 0 saturated heterocycles. The number of aryl methyl sites for hydroxylation is 3. The van der Waals surface area contributed by atoms with Gasteiger partial charge in [-0.3, -0.25) is 4.79 Å². The molecule has 0 saturated carbocycles. The first-order valence-electron chi connectivity index (χ1n) is 9.87. The summed E-state index contributed by atoms with van der Waals surface area (Å²) in [5, 5.41) is 0. The van der Waals surface area contributed by atoms with Crippen LogP contribution in [0.4, 0.5) is 0 Å². The van der Waals surface area contributed by atoms with Crippen LogP contribution in [-0.4, -0.2) is 36.8 Å². The average molecular weight is 446 g/mol. The van der Waals surface area contributed by atoms with Crippen LogP contribution in [0.3, 0.4) is 0 Å². The fourth-order valence-corrected chi connectivity index (χ4v) is 5.79. The van der Waals surface area contributed by atoms with E-state index in [1.807, 2.05) is 32.4 Å². The largest absolute Gasteiger partial charge is 0.319 e. The molecule has 0 aliphatic heterocycles. The van der Waals surface area contributed by atoms with Gasteiger partial charge < -0.3 is 4.57 Å². The van der Waals surface area contributed by atoms with Gasteiger partial charge in [0.2, 0.25) is 10.0 Å². The lowest BCUT2D eigenvalue weighted by Gasteiger charge is -2.16. The van der Waals surface area contributed by atoms with E-state index < -0.39 is 15.9 Å². The molecule has 0 aliphatic carbocycles. The lowest BCUT2D eigenvalue weighted by molar-refractivity contribution is 0.0998. The lowest BCUT2D eigenvalue weighted by atomic mass is 10.1. The number of hydrogen-bond acceptors (Lipinski definition) is 4. The van der Waals surface area contributed by atoms with E-state index in [0.717, 1.165) is 28.6 Å². The highest BCUT2D eigenvalue weighted by atomic mass is 32.2. The van der Waals surface area contributed by atoms with Crippen molar-refractivity contribution in [3.63, 3.8) is 0 Å². The fourth-order valence-electron chi connectivity index (χ4n) is 3.39. The number of benzene rings is 2. The third-order valence-electron chi connectivity index (χ3n) is 5.07. The third-order valence-corrected chi connectivity index (χ3v) is 8.02. The topological polar surface area (TPSA) is 71.7 Å². The Morgan fingerprint density at radius 3 is 2.47 bits per heavy atom. The van der Waals surface area contributed by atoms with Gasteiger partial charge in [-0.05, 0) is 61.7 Å². The Morgan fingerprint density at radius 2 is 1.83 bits per heavy atom. The molecule has 0 fully saturated rings. The summed E-state index contributed by atoms with van der Waals surface area (Å²) in [6, 6.07) is 10.2. The van der Waals surface area contributed by atoms with Crippen LogP contribution in [0.1, 0.15) is 41.3 Å². The van der Waals surface area contributed by atoms with Crippen LogP contribution in [0.5, 0.6) is 0 Å². The molecule has 0 radical (unpaired) electrons. The molecule has 0 aliphatic rings. The standard InChI is InChI=1S/C22H27N3O3S2/c1-6-7-12-24(4)30(27,28)18-10-8-17(9-11-18)21(26)23-22-25(5)20-16(3)13-15(2)14-19(20)29-22/h8-11,13-14H,6-7,12H2,1-5H3. The van der Waals surface area contributed by atoms with Crippen molar-refractivity contribution in [2.24, 2.45) is 12.0 Å². The van der Waals surface area contributed by atoms with Gasteiger partial charge in [0.15, 0.2) is 4.80 Å². The number of hydrogen-bond donors (Lipinski definition) is 0. The Balaban J connectivity index is 1.91. The smallest absolute Gasteiger partial charge is 0.279 e. The predicted molar refractivity (Wildman–Crippen MR) is 121 cm³/mol. The van der Waals surface area contributed by atoms with E-state index in [9.17, 15) is 13.2 Å². The van der Waals surface area contributed by atoms with Crippen LogP contribution in [0.2, 0.25) is 0 Å². The highest BCUT2D eigenvalue weighted by molar-refractivity contribution is 7.89. The number of carbonyl (C=O) groups is 1. The number of aromatic nitrogens is 1. The van der Waals surface area contributed by atoms with Crippen LogP contribution in [-0.2, 0) is 17.1 Å². The second-order valence-corrected chi connectivity index (χ2v) is 10.5. The van der Waals surface area contributed by atoms with E-state index in [4.69, 9.17) is 0 Å². The van der Waals surface area contributed by atoms with Crippen LogP contribution in [0.25, 0.3) is 10.2 Å². The zero-order chi connectivity index (χ0) is 22.1. The maximum atomic E-state index is 12.7. The summed E-state index contributed by atoms with van der Waals surface area (Å²) in [6.07, 6.45) is 1.72. The lowest BCUT2D eigenvalue weighted by Crippen LogP contribution is -2.27. The van der Waals surface area contributed by atoms with Crippen LogP contribution in [0.15, 0.2) is 46.3 Å². The van der Waals surface area contributed by atoms with E-state index in [1.165, 1.54) is 45.5 Å². The molecule has 3 rings (SSSR count). The van der Waals surface area contributed by atoms with E-state index in [2.05, 4.69) is 17.1 Å². The Kier molecular flexibility index (Phi) is 6.59. The van der Waals surface area contributed by atoms with Gasteiger partial charge in [0.1, 0.15) is 0 Å². The Labute approximate surface area is 181 Å². The van der Waals surface area contributed by atoms with Gasteiger partial charge in [-0.15, -0.1) is 0 Å². The van der Waals surface area contributed by atoms with Gasteiger partial charge in [0.05, 0.1) is 15.1 Å². The second kappa shape index (κ2) is 8.83. The Bertz CT molecular complexity index is 1250. The maximum Gasteiger partial charge on any atom is 0.279 e. The van der Waals surface area contributed by atoms with E-state index in [1.54, 1.807) is 7.05 Å². The minimum Gasteiger partial charge on any atom is -0.319 e. The van der Waals surface area contributed by atoms with Gasteiger partial charge in [-0.2, -0.15) is 4.99 Å². The van der Waals surface area contributed by atoms with Crippen molar-refractivity contribution in [2.45, 2.75) is 38.5 Å².